The number of rotatable bonds is 1. The summed E-state index contributed by atoms with van der Waals surface area (Å²) >= 11 is 0. The van der Waals surface area contributed by atoms with Gasteiger partial charge in [-0.2, -0.15) is 0 Å². The second-order valence-electron chi connectivity index (χ2n) is 4.96. The fourth-order valence-corrected chi connectivity index (χ4v) is 3.23. The van der Waals surface area contributed by atoms with Crippen LogP contribution in [-0.4, -0.2) is 11.1 Å². The Morgan fingerprint density at radius 2 is 2.07 bits per heavy atom. The summed E-state index contributed by atoms with van der Waals surface area (Å²) in [7, 11) is 0. The second kappa shape index (κ2) is 4.01. The summed E-state index contributed by atoms with van der Waals surface area (Å²) < 4.78 is 2.43. The van der Waals surface area contributed by atoms with Gasteiger partial charge in [0.05, 0.1) is 6.04 Å². The molecule has 82 valence electrons. The molecule has 3 rings (SSSR count). The van der Waals surface area contributed by atoms with Crippen molar-refractivity contribution in [2.45, 2.75) is 44.7 Å². The highest BCUT2D eigenvalue weighted by Crippen LogP contribution is 2.35. The highest BCUT2D eigenvalue weighted by Gasteiger charge is 2.28. The van der Waals surface area contributed by atoms with Crippen molar-refractivity contribution in [2.75, 3.05) is 6.54 Å². The highest BCUT2D eigenvalue weighted by molar-refractivity contribution is 5.15. The predicted octanol–water partition coefficient (Wildman–Crippen LogP) is 2.71. The van der Waals surface area contributed by atoms with Crippen LogP contribution in [0.15, 0.2) is 18.3 Å². The van der Waals surface area contributed by atoms with E-state index < -0.39 is 0 Å². The molecule has 2 heterocycles. The van der Waals surface area contributed by atoms with E-state index >= 15 is 0 Å². The normalized spacial score (nSPS) is 27.6. The summed E-state index contributed by atoms with van der Waals surface area (Å²) in [5, 5.41) is 3.71. The van der Waals surface area contributed by atoms with Gasteiger partial charge in [0.2, 0.25) is 0 Å². The van der Waals surface area contributed by atoms with Crippen LogP contribution >= 0.6 is 0 Å². The minimum atomic E-state index is 0.633. The van der Waals surface area contributed by atoms with Crippen molar-refractivity contribution >= 4 is 0 Å². The third kappa shape index (κ3) is 1.71. The van der Waals surface area contributed by atoms with E-state index in [0.29, 0.717) is 6.04 Å². The van der Waals surface area contributed by atoms with Crippen molar-refractivity contribution in [3.05, 3.63) is 24.0 Å². The van der Waals surface area contributed by atoms with Crippen molar-refractivity contribution in [3.8, 4) is 0 Å². The number of aromatic nitrogens is 1. The standard InChI is InChI=1S/C13H20N2/c1-2-5-11(6-3-1)13-12-7-4-9-15(12)10-8-14-13/h4,7,9,11,13-14H,1-3,5-6,8,10H2/t13-/m0/s1. The van der Waals surface area contributed by atoms with Crippen LogP contribution in [0.25, 0.3) is 0 Å². The molecule has 2 aliphatic rings. The Kier molecular flexibility index (Phi) is 2.53. The summed E-state index contributed by atoms with van der Waals surface area (Å²) in [4.78, 5) is 0. The third-order valence-corrected chi connectivity index (χ3v) is 4.02. The number of fused-ring (bicyclic) bond motifs is 1. The molecule has 0 unspecified atom stereocenters. The SMILES string of the molecule is c1cc2n(c1)CCN[C@H]2C1CCCCC1. The first-order valence-electron chi connectivity index (χ1n) is 6.33. The van der Waals surface area contributed by atoms with Gasteiger partial charge in [-0.1, -0.05) is 19.3 Å². The molecule has 15 heavy (non-hydrogen) atoms. The molecular formula is C13H20N2. The van der Waals surface area contributed by atoms with Crippen LogP contribution in [0.2, 0.25) is 0 Å². The van der Waals surface area contributed by atoms with Crippen LogP contribution in [0, 0.1) is 5.92 Å². The molecule has 0 bridgehead atoms. The molecule has 1 atom stereocenters. The second-order valence-corrected chi connectivity index (χ2v) is 4.96. The van der Waals surface area contributed by atoms with E-state index in [1.165, 1.54) is 37.8 Å². The van der Waals surface area contributed by atoms with Crippen molar-refractivity contribution < 1.29 is 0 Å². The van der Waals surface area contributed by atoms with Crippen LogP contribution in [0.1, 0.15) is 43.8 Å². The van der Waals surface area contributed by atoms with Gasteiger partial charge in [-0.05, 0) is 30.9 Å². The summed E-state index contributed by atoms with van der Waals surface area (Å²) in [5.41, 5.74) is 1.52. The molecule has 0 radical (unpaired) electrons. The minimum Gasteiger partial charge on any atom is -0.349 e. The van der Waals surface area contributed by atoms with Crippen LogP contribution in [-0.2, 0) is 6.54 Å². The molecule has 1 N–H and O–H groups in total. The Morgan fingerprint density at radius 3 is 2.93 bits per heavy atom. The molecule has 1 saturated carbocycles. The first kappa shape index (κ1) is 9.46. The summed E-state index contributed by atoms with van der Waals surface area (Å²) in [5.74, 6) is 0.882. The van der Waals surface area contributed by atoms with E-state index in [1.807, 2.05) is 0 Å². The van der Waals surface area contributed by atoms with Gasteiger partial charge in [0.15, 0.2) is 0 Å². The molecule has 2 heteroatoms. The maximum Gasteiger partial charge on any atom is 0.0504 e. The maximum atomic E-state index is 3.71. The number of hydrogen-bond acceptors (Lipinski definition) is 1. The van der Waals surface area contributed by atoms with Crippen molar-refractivity contribution in [1.29, 1.82) is 0 Å². The van der Waals surface area contributed by atoms with Gasteiger partial charge >= 0.3 is 0 Å². The zero-order valence-electron chi connectivity index (χ0n) is 9.28. The van der Waals surface area contributed by atoms with Gasteiger partial charge in [-0.15, -0.1) is 0 Å². The van der Waals surface area contributed by atoms with Gasteiger partial charge in [0.25, 0.3) is 0 Å². The lowest BCUT2D eigenvalue weighted by molar-refractivity contribution is 0.246. The smallest absolute Gasteiger partial charge is 0.0504 e. The number of hydrogen-bond donors (Lipinski definition) is 1. The molecule has 0 amide bonds. The first-order valence-corrected chi connectivity index (χ1v) is 6.33. The molecule has 1 aliphatic carbocycles. The minimum absolute atomic E-state index is 0.633. The van der Waals surface area contributed by atoms with Gasteiger partial charge in [-0.3, -0.25) is 0 Å². The van der Waals surface area contributed by atoms with Crippen LogP contribution in [0.3, 0.4) is 0 Å². The summed E-state index contributed by atoms with van der Waals surface area (Å²) in [6.45, 7) is 2.29. The molecular weight excluding hydrogens is 184 g/mol. The topological polar surface area (TPSA) is 17.0 Å². The average molecular weight is 204 g/mol. The Labute approximate surface area is 91.7 Å². The third-order valence-electron chi connectivity index (χ3n) is 4.02. The van der Waals surface area contributed by atoms with Gasteiger partial charge < -0.3 is 9.88 Å². The highest BCUT2D eigenvalue weighted by atomic mass is 15.1. The molecule has 1 aromatic rings. The van der Waals surface area contributed by atoms with E-state index in [0.717, 1.165) is 19.0 Å². The van der Waals surface area contributed by atoms with Crippen LogP contribution < -0.4 is 5.32 Å². The maximum absolute atomic E-state index is 3.71. The zero-order chi connectivity index (χ0) is 10.1. The van der Waals surface area contributed by atoms with Crippen LogP contribution in [0.5, 0.6) is 0 Å². The molecule has 0 spiro atoms. The Morgan fingerprint density at radius 1 is 1.20 bits per heavy atom. The monoisotopic (exact) mass is 204 g/mol. The first-order chi connectivity index (χ1) is 7.45. The Hall–Kier alpha value is -0.760. The lowest BCUT2D eigenvalue weighted by atomic mass is 9.82. The van der Waals surface area contributed by atoms with Crippen molar-refractivity contribution in [3.63, 3.8) is 0 Å². The zero-order valence-corrected chi connectivity index (χ0v) is 9.28. The molecule has 1 aromatic heterocycles. The summed E-state index contributed by atoms with van der Waals surface area (Å²) in [6, 6.07) is 5.12. The van der Waals surface area contributed by atoms with E-state index in [2.05, 4.69) is 28.2 Å². The fourth-order valence-electron chi connectivity index (χ4n) is 3.23. The molecule has 1 fully saturated rings. The quantitative estimate of drug-likeness (QED) is 0.744. The lowest BCUT2D eigenvalue weighted by Gasteiger charge is -2.35. The van der Waals surface area contributed by atoms with E-state index in [9.17, 15) is 0 Å². The van der Waals surface area contributed by atoms with Gasteiger partial charge in [-0.25, -0.2) is 0 Å². The van der Waals surface area contributed by atoms with E-state index in [1.54, 1.807) is 0 Å². The van der Waals surface area contributed by atoms with E-state index in [4.69, 9.17) is 0 Å². The summed E-state index contributed by atoms with van der Waals surface area (Å²) in [6.07, 6.45) is 9.38. The Bertz CT molecular complexity index is 323. The van der Waals surface area contributed by atoms with Crippen molar-refractivity contribution in [2.24, 2.45) is 5.92 Å². The van der Waals surface area contributed by atoms with Crippen LogP contribution in [0.4, 0.5) is 0 Å². The largest absolute Gasteiger partial charge is 0.349 e. The predicted molar refractivity (Wildman–Crippen MR) is 61.8 cm³/mol. The number of nitrogens with one attached hydrogen (secondary N) is 1. The molecule has 1 aliphatic heterocycles. The average Bonchev–Trinajstić information content (AvgIpc) is 2.78. The van der Waals surface area contributed by atoms with Crippen molar-refractivity contribution in [1.82, 2.24) is 9.88 Å². The van der Waals surface area contributed by atoms with Gasteiger partial charge in [0.1, 0.15) is 0 Å². The fraction of sp³-hybridized carbons (Fsp3) is 0.692. The van der Waals surface area contributed by atoms with E-state index in [-0.39, 0.29) is 0 Å². The molecule has 0 aromatic carbocycles. The number of nitrogens with zero attached hydrogens (tertiary/aromatic N) is 1. The van der Waals surface area contributed by atoms with Gasteiger partial charge in [0, 0.05) is 25.0 Å². The Balaban J connectivity index is 1.82. The molecule has 2 nitrogen and oxygen atoms in total. The lowest BCUT2D eigenvalue weighted by Crippen LogP contribution is -2.37. The molecule has 0 saturated heterocycles.